The maximum atomic E-state index is 11.4. The predicted octanol–water partition coefficient (Wildman–Crippen LogP) is 5.15. The Morgan fingerprint density at radius 1 is 0.741 bits per heavy atom. The number of aromatic nitrogens is 2. The van der Waals surface area contributed by atoms with E-state index in [0.717, 1.165) is 28.8 Å². The van der Waals surface area contributed by atoms with Crippen LogP contribution in [0.25, 0.3) is 0 Å². The van der Waals surface area contributed by atoms with Gasteiger partial charge in [-0.05, 0) is 49.2 Å². The molecule has 2 N–H and O–H groups in total. The number of aromatic amines is 2. The van der Waals surface area contributed by atoms with Gasteiger partial charge in [0.2, 0.25) is 0 Å². The van der Waals surface area contributed by atoms with Crippen LogP contribution >= 0.6 is 0 Å². The van der Waals surface area contributed by atoms with Crippen molar-refractivity contribution >= 4 is 6.29 Å². The minimum atomic E-state index is -0.563. The topological polar surface area (TPSA) is 48.6 Å². The summed E-state index contributed by atoms with van der Waals surface area (Å²) in [5.41, 5.74) is 6.71. The van der Waals surface area contributed by atoms with Gasteiger partial charge in [0.05, 0.1) is 5.69 Å². The zero-order chi connectivity index (χ0) is 18.9. The van der Waals surface area contributed by atoms with Crippen LogP contribution in [0.15, 0.2) is 79.0 Å². The highest BCUT2D eigenvalue weighted by molar-refractivity contribution is 5.73. The minimum Gasteiger partial charge on any atom is -0.364 e. The molecule has 0 bridgehead atoms. The molecule has 2 heterocycles. The van der Waals surface area contributed by atoms with Gasteiger partial charge in [0, 0.05) is 17.6 Å². The lowest BCUT2D eigenvalue weighted by Gasteiger charge is -2.34. The summed E-state index contributed by atoms with van der Waals surface area (Å²) in [4.78, 5) is 18.1. The van der Waals surface area contributed by atoms with Crippen LogP contribution in [0.2, 0.25) is 0 Å². The number of aryl methyl sites for hydroxylation is 2. The second-order valence-electron chi connectivity index (χ2n) is 7.01. The molecule has 27 heavy (non-hydrogen) atoms. The molecule has 2 aromatic carbocycles. The largest absolute Gasteiger partial charge is 0.364 e. The van der Waals surface area contributed by atoms with Gasteiger partial charge in [0.25, 0.3) is 0 Å². The summed E-state index contributed by atoms with van der Waals surface area (Å²) in [5, 5.41) is 0. The molecule has 0 aliphatic carbocycles. The summed E-state index contributed by atoms with van der Waals surface area (Å²) in [6.45, 7) is 4.18. The Balaban J connectivity index is 2.09. The molecule has 0 radical (unpaired) electrons. The van der Waals surface area contributed by atoms with E-state index in [1.807, 2.05) is 24.4 Å². The van der Waals surface area contributed by atoms with Crippen LogP contribution in [-0.2, 0) is 5.41 Å². The molecule has 4 aromatic rings. The Morgan fingerprint density at radius 3 is 1.78 bits per heavy atom. The van der Waals surface area contributed by atoms with Crippen molar-refractivity contribution in [3.63, 3.8) is 0 Å². The average Bonchev–Trinajstić information content (AvgIpc) is 3.38. The van der Waals surface area contributed by atoms with Crippen molar-refractivity contribution in [3.05, 3.63) is 118 Å². The first-order chi connectivity index (χ1) is 13.1. The van der Waals surface area contributed by atoms with Crippen molar-refractivity contribution in [1.29, 1.82) is 0 Å². The quantitative estimate of drug-likeness (QED) is 0.478. The molecule has 0 spiro atoms. The molecule has 3 heteroatoms. The van der Waals surface area contributed by atoms with Crippen molar-refractivity contribution < 1.29 is 4.79 Å². The molecule has 0 fully saturated rings. The predicted molar refractivity (Wildman–Crippen MR) is 108 cm³/mol. The summed E-state index contributed by atoms with van der Waals surface area (Å²) in [5.74, 6) is 0. The van der Waals surface area contributed by atoms with E-state index in [2.05, 4.69) is 78.4 Å². The lowest BCUT2D eigenvalue weighted by Crippen LogP contribution is -2.32. The van der Waals surface area contributed by atoms with Gasteiger partial charge in [-0.3, -0.25) is 4.79 Å². The third-order valence-electron chi connectivity index (χ3n) is 5.21. The summed E-state index contributed by atoms with van der Waals surface area (Å²) in [7, 11) is 0. The second kappa shape index (κ2) is 6.76. The number of aldehydes is 1. The first-order valence-electron chi connectivity index (χ1n) is 9.07. The van der Waals surface area contributed by atoms with Gasteiger partial charge in [-0.15, -0.1) is 0 Å². The molecule has 3 nitrogen and oxygen atoms in total. The molecule has 2 aromatic heterocycles. The molecule has 134 valence electrons. The number of H-pyrrole nitrogens is 2. The number of hydrogen-bond donors (Lipinski definition) is 2. The number of benzene rings is 2. The zero-order valence-corrected chi connectivity index (χ0v) is 15.5. The minimum absolute atomic E-state index is 0.563. The fourth-order valence-electron chi connectivity index (χ4n) is 3.80. The maximum Gasteiger partial charge on any atom is 0.166 e. The lowest BCUT2D eigenvalue weighted by molar-refractivity contribution is 0.111. The third kappa shape index (κ3) is 2.81. The molecule has 0 amide bonds. The normalized spacial score (nSPS) is 11.5. The van der Waals surface area contributed by atoms with Crippen molar-refractivity contribution in [1.82, 2.24) is 9.97 Å². The van der Waals surface area contributed by atoms with Crippen LogP contribution in [0.1, 0.15) is 44.1 Å². The lowest BCUT2D eigenvalue weighted by atomic mass is 9.69. The molecular weight excluding hydrogens is 332 g/mol. The summed E-state index contributed by atoms with van der Waals surface area (Å²) >= 11 is 0. The van der Waals surface area contributed by atoms with Gasteiger partial charge in [-0.25, -0.2) is 0 Å². The van der Waals surface area contributed by atoms with E-state index >= 15 is 0 Å². The van der Waals surface area contributed by atoms with Crippen LogP contribution in [0, 0.1) is 13.8 Å². The molecule has 0 unspecified atom stereocenters. The van der Waals surface area contributed by atoms with Crippen LogP contribution in [-0.4, -0.2) is 16.3 Å². The van der Waals surface area contributed by atoms with E-state index in [9.17, 15) is 4.79 Å². The van der Waals surface area contributed by atoms with Crippen molar-refractivity contribution in [2.45, 2.75) is 19.3 Å². The fourth-order valence-corrected chi connectivity index (χ4v) is 3.80. The Bertz CT molecular complexity index is 993. The second-order valence-corrected chi connectivity index (χ2v) is 7.01. The Hall–Kier alpha value is -3.33. The Morgan fingerprint density at radius 2 is 1.33 bits per heavy atom. The van der Waals surface area contributed by atoms with Gasteiger partial charge in [0.15, 0.2) is 6.29 Å². The van der Waals surface area contributed by atoms with Gasteiger partial charge < -0.3 is 9.97 Å². The monoisotopic (exact) mass is 354 g/mol. The van der Waals surface area contributed by atoms with Gasteiger partial charge >= 0.3 is 0 Å². The number of rotatable bonds is 5. The van der Waals surface area contributed by atoms with Gasteiger partial charge in [0.1, 0.15) is 5.41 Å². The first kappa shape index (κ1) is 17.1. The van der Waals surface area contributed by atoms with Crippen LogP contribution in [0.3, 0.4) is 0 Å². The third-order valence-corrected chi connectivity index (χ3v) is 5.21. The van der Waals surface area contributed by atoms with Crippen molar-refractivity contribution in [3.8, 4) is 0 Å². The maximum absolute atomic E-state index is 11.4. The van der Waals surface area contributed by atoms with Crippen molar-refractivity contribution in [2.75, 3.05) is 0 Å². The van der Waals surface area contributed by atoms with E-state index < -0.39 is 5.41 Å². The molecule has 0 atom stereocenters. The number of carbonyl (C=O) groups excluding carboxylic acids is 1. The number of hydrogen-bond acceptors (Lipinski definition) is 1. The van der Waals surface area contributed by atoms with Crippen LogP contribution in [0.4, 0.5) is 0 Å². The van der Waals surface area contributed by atoms with E-state index in [1.165, 1.54) is 11.1 Å². The SMILES string of the molecule is Cc1ccc(C(c2ccc(C)cc2)(c2ccc[nH]2)c2ccc(C=O)[nH]2)cc1. The van der Waals surface area contributed by atoms with E-state index in [4.69, 9.17) is 0 Å². The summed E-state index contributed by atoms with van der Waals surface area (Å²) < 4.78 is 0. The highest BCUT2D eigenvalue weighted by atomic mass is 16.1. The van der Waals surface area contributed by atoms with E-state index in [1.54, 1.807) is 0 Å². The molecular formula is C24H22N2O. The van der Waals surface area contributed by atoms with Gasteiger partial charge in [-0.1, -0.05) is 59.7 Å². The van der Waals surface area contributed by atoms with Crippen LogP contribution < -0.4 is 0 Å². The fraction of sp³-hybridized carbons (Fsp3) is 0.125. The molecule has 0 saturated carbocycles. The molecule has 4 rings (SSSR count). The molecule has 0 aliphatic rings. The summed E-state index contributed by atoms with van der Waals surface area (Å²) in [6.07, 6.45) is 2.79. The van der Waals surface area contributed by atoms with Crippen molar-refractivity contribution in [2.24, 2.45) is 0 Å². The zero-order valence-electron chi connectivity index (χ0n) is 15.5. The Labute approximate surface area is 159 Å². The average molecular weight is 354 g/mol. The summed E-state index contributed by atoms with van der Waals surface area (Å²) in [6, 6.07) is 25.1. The standard InChI is InChI=1S/C24H22N2O/c1-17-5-9-19(10-6-17)24(22-4-3-15-25-22,20-11-7-18(2)8-12-20)23-14-13-21(16-27)26-23/h3-16,25-26H,1-2H3. The highest BCUT2D eigenvalue weighted by Gasteiger charge is 2.40. The van der Waals surface area contributed by atoms with Crippen LogP contribution in [0.5, 0.6) is 0 Å². The molecule has 0 saturated heterocycles. The van der Waals surface area contributed by atoms with E-state index in [0.29, 0.717) is 5.69 Å². The smallest absolute Gasteiger partial charge is 0.166 e. The van der Waals surface area contributed by atoms with Gasteiger partial charge in [-0.2, -0.15) is 0 Å². The number of nitrogens with one attached hydrogen (secondary N) is 2. The first-order valence-corrected chi connectivity index (χ1v) is 9.07. The van der Waals surface area contributed by atoms with E-state index in [-0.39, 0.29) is 0 Å². The highest BCUT2D eigenvalue weighted by Crippen LogP contribution is 2.44. The number of carbonyl (C=O) groups is 1. The molecule has 0 aliphatic heterocycles. The Kier molecular flexibility index (Phi) is 4.28.